The van der Waals surface area contributed by atoms with Crippen molar-refractivity contribution in [1.82, 2.24) is 20.1 Å². The van der Waals surface area contributed by atoms with E-state index < -0.39 is 0 Å². The molecule has 0 spiro atoms. The topological polar surface area (TPSA) is 57.7 Å². The van der Waals surface area contributed by atoms with Gasteiger partial charge in [-0.25, -0.2) is 4.98 Å². The Morgan fingerprint density at radius 2 is 1.81 bits per heavy atom. The van der Waals surface area contributed by atoms with Gasteiger partial charge in [0.1, 0.15) is 5.01 Å². The third-order valence-electron chi connectivity index (χ3n) is 6.03. The van der Waals surface area contributed by atoms with Crippen LogP contribution in [0.3, 0.4) is 0 Å². The summed E-state index contributed by atoms with van der Waals surface area (Å²) in [6.07, 6.45) is 5.23. The molecule has 6 nitrogen and oxygen atoms in total. The number of carbonyl (C=O) groups is 1. The van der Waals surface area contributed by atoms with Crippen molar-refractivity contribution in [1.29, 1.82) is 0 Å². The number of likely N-dealkylation sites (tertiary alicyclic amines) is 1. The van der Waals surface area contributed by atoms with Gasteiger partial charge >= 0.3 is 0 Å². The Hall–Kier alpha value is -1.80. The van der Waals surface area contributed by atoms with Gasteiger partial charge in [-0.2, -0.15) is 0 Å². The summed E-state index contributed by atoms with van der Waals surface area (Å²) in [5.74, 6) is 0.0684. The summed E-state index contributed by atoms with van der Waals surface area (Å²) in [5, 5.41) is 6.03. The first-order valence-electron chi connectivity index (χ1n) is 11.6. The third kappa shape index (κ3) is 7.10. The number of benzene rings is 1. The second-order valence-electron chi connectivity index (χ2n) is 8.51. The van der Waals surface area contributed by atoms with Crippen LogP contribution in [0.15, 0.2) is 29.6 Å². The molecule has 2 saturated heterocycles. The second-order valence-corrected chi connectivity index (χ2v) is 9.37. The minimum Gasteiger partial charge on any atom is -0.379 e. The zero-order chi connectivity index (χ0) is 21.3. The zero-order valence-electron chi connectivity index (χ0n) is 18.4. The van der Waals surface area contributed by atoms with E-state index in [0.717, 1.165) is 75.0 Å². The lowest BCUT2D eigenvalue weighted by atomic mass is 10.1. The summed E-state index contributed by atoms with van der Waals surface area (Å²) in [5.41, 5.74) is 3.28. The van der Waals surface area contributed by atoms with Gasteiger partial charge in [-0.15, -0.1) is 11.3 Å². The summed E-state index contributed by atoms with van der Waals surface area (Å²) >= 11 is 1.61. The molecule has 1 amide bonds. The van der Waals surface area contributed by atoms with Crippen molar-refractivity contribution < 1.29 is 9.53 Å². The van der Waals surface area contributed by atoms with Crippen molar-refractivity contribution in [3.05, 3.63) is 40.9 Å². The number of ether oxygens (including phenoxy) is 1. The largest absolute Gasteiger partial charge is 0.379 e. The van der Waals surface area contributed by atoms with Crippen LogP contribution in [0.4, 0.5) is 0 Å². The van der Waals surface area contributed by atoms with Gasteiger partial charge in [0.25, 0.3) is 0 Å². The van der Waals surface area contributed by atoms with E-state index >= 15 is 0 Å². The summed E-state index contributed by atoms with van der Waals surface area (Å²) < 4.78 is 5.42. The normalized spacial score (nSPS) is 17.8. The molecule has 7 heteroatoms. The standard InChI is InChI=1S/C24H34N4O2S/c29-23(25-9-1-2-10-27-11-3-4-12-27)17-22-19-31-24(26-22)21-7-5-20(6-8-21)18-28-13-15-30-16-14-28/h5-8,19H,1-4,9-18H2,(H,25,29). The Morgan fingerprint density at radius 3 is 2.58 bits per heavy atom. The van der Waals surface area contributed by atoms with E-state index in [1.165, 1.54) is 31.5 Å². The molecule has 0 saturated carbocycles. The number of hydrogen-bond acceptors (Lipinski definition) is 6. The zero-order valence-corrected chi connectivity index (χ0v) is 19.2. The van der Waals surface area contributed by atoms with Crippen LogP contribution in [0.5, 0.6) is 0 Å². The molecule has 31 heavy (non-hydrogen) atoms. The monoisotopic (exact) mass is 442 g/mol. The van der Waals surface area contributed by atoms with E-state index in [0.29, 0.717) is 6.42 Å². The maximum Gasteiger partial charge on any atom is 0.226 e. The number of carbonyl (C=O) groups excluding carboxylic acids is 1. The van der Waals surface area contributed by atoms with Gasteiger partial charge in [0.15, 0.2) is 0 Å². The molecule has 1 aromatic heterocycles. The van der Waals surface area contributed by atoms with Crippen molar-refractivity contribution in [3.8, 4) is 10.6 Å². The molecule has 0 aliphatic carbocycles. The smallest absolute Gasteiger partial charge is 0.226 e. The highest BCUT2D eigenvalue weighted by molar-refractivity contribution is 7.13. The highest BCUT2D eigenvalue weighted by Gasteiger charge is 2.13. The van der Waals surface area contributed by atoms with Crippen molar-refractivity contribution >= 4 is 17.2 Å². The molecule has 3 heterocycles. The fourth-order valence-corrected chi connectivity index (χ4v) is 5.04. The van der Waals surface area contributed by atoms with Gasteiger partial charge in [0.05, 0.1) is 25.3 Å². The number of morpholine rings is 1. The maximum atomic E-state index is 12.2. The molecule has 2 fully saturated rings. The molecule has 1 N–H and O–H groups in total. The van der Waals surface area contributed by atoms with Crippen molar-refractivity contribution in [2.75, 3.05) is 52.5 Å². The fourth-order valence-electron chi connectivity index (χ4n) is 4.21. The summed E-state index contributed by atoms with van der Waals surface area (Å²) in [7, 11) is 0. The molecule has 0 unspecified atom stereocenters. The van der Waals surface area contributed by atoms with Crippen LogP contribution < -0.4 is 5.32 Å². The molecule has 1 aromatic carbocycles. The van der Waals surface area contributed by atoms with Gasteiger partial charge in [0, 0.05) is 37.1 Å². The van der Waals surface area contributed by atoms with E-state index in [9.17, 15) is 4.79 Å². The van der Waals surface area contributed by atoms with Crippen LogP contribution in [-0.2, 0) is 22.5 Å². The maximum absolute atomic E-state index is 12.2. The molecule has 2 aliphatic heterocycles. The fraction of sp³-hybridized carbons (Fsp3) is 0.583. The van der Waals surface area contributed by atoms with E-state index in [2.05, 4.69) is 44.4 Å². The van der Waals surface area contributed by atoms with Crippen molar-refractivity contribution in [3.63, 3.8) is 0 Å². The Labute approximate surface area is 189 Å². The van der Waals surface area contributed by atoms with Gasteiger partial charge in [-0.1, -0.05) is 24.3 Å². The number of hydrogen-bond donors (Lipinski definition) is 1. The Balaban J connectivity index is 1.18. The Bertz CT molecular complexity index is 811. The predicted molar refractivity (Wildman–Crippen MR) is 125 cm³/mol. The molecule has 2 aromatic rings. The lowest BCUT2D eigenvalue weighted by Crippen LogP contribution is -2.35. The minimum atomic E-state index is 0.0684. The van der Waals surface area contributed by atoms with Gasteiger partial charge in [-0.05, 0) is 50.9 Å². The number of unbranched alkanes of at least 4 members (excludes halogenated alkanes) is 1. The number of aromatic nitrogens is 1. The SMILES string of the molecule is O=C(Cc1csc(-c2ccc(CN3CCOCC3)cc2)n1)NCCCCN1CCCC1. The molecular formula is C24H34N4O2S. The summed E-state index contributed by atoms with van der Waals surface area (Å²) in [4.78, 5) is 21.9. The van der Waals surface area contributed by atoms with Crippen LogP contribution in [0, 0.1) is 0 Å². The molecule has 0 atom stereocenters. The second kappa shape index (κ2) is 11.7. The van der Waals surface area contributed by atoms with Gasteiger partial charge in [0.2, 0.25) is 5.91 Å². The van der Waals surface area contributed by atoms with E-state index in [1.54, 1.807) is 11.3 Å². The van der Waals surface area contributed by atoms with E-state index in [1.807, 2.05) is 5.38 Å². The molecule has 2 aliphatic rings. The predicted octanol–water partition coefficient (Wildman–Crippen LogP) is 3.18. The summed E-state index contributed by atoms with van der Waals surface area (Å²) in [6, 6.07) is 8.64. The number of amides is 1. The Kier molecular flexibility index (Phi) is 8.46. The van der Waals surface area contributed by atoms with Crippen LogP contribution in [0.1, 0.15) is 36.9 Å². The number of nitrogens with zero attached hydrogens (tertiary/aromatic N) is 3. The van der Waals surface area contributed by atoms with E-state index in [4.69, 9.17) is 4.74 Å². The molecular weight excluding hydrogens is 408 g/mol. The molecule has 0 radical (unpaired) electrons. The van der Waals surface area contributed by atoms with Crippen molar-refractivity contribution in [2.24, 2.45) is 0 Å². The van der Waals surface area contributed by atoms with Crippen LogP contribution in [0.2, 0.25) is 0 Å². The first-order valence-corrected chi connectivity index (χ1v) is 12.5. The lowest BCUT2D eigenvalue weighted by Gasteiger charge is -2.26. The van der Waals surface area contributed by atoms with Gasteiger partial charge in [-0.3, -0.25) is 9.69 Å². The first kappa shape index (κ1) is 22.4. The molecule has 4 rings (SSSR count). The summed E-state index contributed by atoms with van der Waals surface area (Å²) in [6.45, 7) is 9.02. The highest BCUT2D eigenvalue weighted by Crippen LogP contribution is 2.24. The Morgan fingerprint density at radius 1 is 1.03 bits per heavy atom. The van der Waals surface area contributed by atoms with E-state index in [-0.39, 0.29) is 5.91 Å². The van der Waals surface area contributed by atoms with Crippen LogP contribution in [-0.4, -0.2) is 73.2 Å². The highest BCUT2D eigenvalue weighted by atomic mass is 32.1. The minimum absolute atomic E-state index is 0.0684. The average molecular weight is 443 g/mol. The van der Waals surface area contributed by atoms with Crippen LogP contribution >= 0.6 is 11.3 Å². The molecule has 168 valence electrons. The third-order valence-corrected chi connectivity index (χ3v) is 6.97. The number of rotatable bonds is 10. The quantitative estimate of drug-likeness (QED) is 0.573. The lowest BCUT2D eigenvalue weighted by molar-refractivity contribution is -0.120. The average Bonchev–Trinajstić information content (AvgIpc) is 3.47. The van der Waals surface area contributed by atoms with Crippen LogP contribution in [0.25, 0.3) is 10.6 Å². The van der Waals surface area contributed by atoms with Crippen molar-refractivity contribution in [2.45, 2.75) is 38.6 Å². The number of nitrogens with one attached hydrogen (secondary N) is 1. The first-order chi connectivity index (χ1) is 15.3. The molecule has 0 bridgehead atoms. The van der Waals surface area contributed by atoms with Gasteiger partial charge < -0.3 is 15.0 Å². The number of thiazole rings is 1.